The molecule has 0 spiro atoms. The van der Waals surface area contributed by atoms with Crippen LogP contribution in [0.4, 0.5) is 0 Å². The summed E-state index contributed by atoms with van der Waals surface area (Å²) >= 11 is 0. The molecule has 4 heteroatoms. The highest BCUT2D eigenvalue weighted by atomic mass is 16.5. The monoisotopic (exact) mass is 240 g/mol. The van der Waals surface area contributed by atoms with Crippen molar-refractivity contribution in [1.82, 2.24) is 9.80 Å². The molecule has 1 atom stereocenters. The normalized spacial score (nSPS) is 26.0. The molecule has 17 heavy (non-hydrogen) atoms. The van der Waals surface area contributed by atoms with Gasteiger partial charge < -0.3 is 4.74 Å². The van der Waals surface area contributed by atoms with Crippen molar-refractivity contribution < 1.29 is 9.53 Å². The third-order valence-corrected chi connectivity index (χ3v) is 4.28. The average Bonchev–Trinajstić information content (AvgIpc) is 2.91. The lowest BCUT2D eigenvalue weighted by atomic mass is 10.1. The number of rotatable bonds is 3. The van der Waals surface area contributed by atoms with Crippen LogP contribution < -0.4 is 0 Å². The Morgan fingerprint density at radius 3 is 2.29 bits per heavy atom. The van der Waals surface area contributed by atoms with Gasteiger partial charge in [0, 0.05) is 32.2 Å². The van der Waals surface area contributed by atoms with Crippen LogP contribution in [0.5, 0.6) is 0 Å². The molecule has 0 N–H and O–H groups in total. The summed E-state index contributed by atoms with van der Waals surface area (Å²) in [5.41, 5.74) is 0. The van der Waals surface area contributed by atoms with Gasteiger partial charge in [0.05, 0.1) is 7.11 Å². The first-order valence-corrected chi connectivity index (χ1v) is 6.78. The second-order valence-corrected chi connectivity index (χ2v) is 5.21. The van der Waals surface area contributed by atoms with E-state index in [1.807, 2.05) is 6.92 Å². The number of piperazine rings is 1. The van der Waals surface area contributed by atoms with Gasteiger partial charge in [-0.2, -0.15) is 0 Å². The van der Waals surface area contributed by atoms with Gasteiger partial charge in [0.15, 0.2) is 0 Å². The van der Waals surface area contributed by atoms with Crippen LogP contribution in [0.2, 0.25) is 0 Å². The van der Waals surface area contributed by atoms with Crippen LogP contribution in [0.15, 0.2) is 0 Å². The van der Waals surface area contributed by atoms with Crippen molar-refractivity contribution in [2.24, 2.45) is 0 Å². The summed E-state index contributed by atoms with van der Waals surface area (Å²) < 4.78 is 4.80. The zero-order chi connectivity index (χ0) is 12.3. The molecule has 4 nitrogen and oxygen atoms in total. The van der Waals surface area contributed by atoms with Crippen LogP contribution in [-0.4, -0.2) is 61.1 Å². The quantitative estimate of drug-likeness (QED) is 0.692. The third kappa shape index (κ3) is 2.99. The summed E-state index contributed by atoms with van der Waals surface area (Å²) in [5.74, 6) is -0.112. The first kappa shape index (κ1) is 12.8. The number of esters is 1. The number of hydrogen-bond donors (Lipinski definition) is 0. The van der Waals surface area contributed by atoms with E-state index in [4.69, 9.17) is 4.74 Å². The maximum absolute atomic E-state index is 11.5. The molecule has 0 bridgehead atoms. The first-order chi connectivity index (χ1) is 8.22. The second kappa shape index (κ2) is 5.83. The first-order valence-electron chi connectivity index (χ1n) is 6.78. The summed E-state index contributed by atoms with van der Waals surface area (Å²) in [6.45, 7) is 6.13. The fraction of sp³-hybridized carbons (Fsp3) is 0.923. The van der Waals surface area contributed by atoms with Gasteiger partial charge in [-0.3, -0.25) is 14.6 Å². The summed E-state index contributed by atoms with van der Waals surface area (Å²) in [4.78, 5) is 16.3. The highest BCUT2D eigenvalue weighted by molar-refractivity contribution is 5.75. The lowest BCUT2D eigenvalue weighted by Crippen LogP contribution is -2.53. The Labute approximate surface area is 104 Å². The highest BCUT2D eigenvalue weighted by Crippen LogP contribution is 2.24. The van der Waals surface area contributed by atoms with E-state index in [0.29, 0.717) is 0 Å². The smallest absolute Gasteiger partial charge is 0.322 e. The number of nitrogens with zero attached hydrogens (tertiary/aromatic N) is 2. The Bertz CT molecular complexity index is 256. The minimum Gasteiger partial charge on any atom is -0.468 e. The fourth-order valence-corrected chi connectivity index (χ4v) is 3.08. The molecule has 0 amide bonds. The molecule has 1 unspecified atom stereocenters. The summed E-state index contributed by atoms with van der Waals surface area (Å²) in [6, 6.07) is 0.719. The van der Waals surface area contributed by atoms with E-state index < -0.39 is 0 Å². The minimum absolute atomic E-state index is 0.0919. The molecule has 1 heterocycles. The molecule has 0 radical (unpaired) electrons. The number of hydrogen-bond acceptors (Lipinski definition) is 4. The average molecular weight is 240 g/mol. The predicted octanol–water partition coefficient (Wildman–Crippen LogP) is 1.11. The van der Waals surface area contributed by atoms with Gasteiger partial charge in [-0.1, -0.05) is 12.8 Å². The maximum Gasteiger partial charge on any atom is 0.322 e. The molecule has 0 aromatic rings. The predicted molar refractivity (Wildman–Crippen MR) is 66.9 cm³/mol. The van der Waals surface area contributed by atoms with Crippen molar-refractivity contribution in [3.8, 4) is 0 Å². The number of carbonyl (C=O) groups is 1. The van der Waals surface area contributed by atoms with Crippen molar-refractivity contribution in [1.29, 1.82) is 0 Å². The number of methoxy groups -OCH3 is 1. The Hall–Kier alpha value is -0.610. The summed E-state index contributed by atoms with van der Waals surface area (Å²) in [6.07, 6.45) is 5.52. The topological polar surface area (TPSA) is 32.8 Å². The molecule has 2 aliphatic rings. The Morgan fingerprint density at radius 1 is 1.18 bits per heavy atom. The number of carbonyl (C=O) groups excluding carboxylic acids is 1. The van der Waals surface area contributed by atoms with Gasteiger partial charge >= 0.3 is 5.97 Å². The van der Waals surface area contributed by atoms with Crippen molar-refractivity contribution in [2.75, 3.05) is 33.3 Å². The molecular weight excluding hydrogens is 216 g/mol. The van der Waals surface area contributed by atoms with Gasteiger partial charge in [-0.15, -0.1) is 0 Å². The SMILES string of the molecule is COC(=O)C(C)N1CCN(C2CCCC2)CC1. The van der Waals surface area contributed by atoms with Crippen molar-refractivity contribution in [2.45, 2.75) is 44.7 Å². The van der Waals surface area contributed by atoms with Crippen LogP contribution in [0, 0.1) is 0 Å². The van der Waals surface area contributed by atoms with E-state index in [9.17, 15) is 4.79 Å². The zero-order valence-corrected chi connectivity index (χ0v) is 11.0. The minimum atomic E-state index is -0.112. The van der Waals surface area contributed by atoms with Gasteiger partial charge in [0.2, 0.25) is 0 Å². The number of ether oxygens (including phenoxy) is 1. The summed E-state index contributed by atoms with van der Waals surface area (Å²) in [5, 5.41) is 0. The Morgan fingerprint density at radius 2 is 1.76 bits per heavy atom. The largest absolute Gasteiger partial charge is 0.468 e. The summed E-state index contributed by atoms with van der Waals surface area (Å²) in [7, 11) is 1.47. The van der Waals surface area contributed by atoms with Gasteiger partial charge in [-0.25, -0.2) is 0 Å². The van der Waals surface area contributed by atoms with Crippen LogP contribution in [0.3, 0.4) is 0 Å². The van der Waals surface area contributed by atoms with Crippen molar-refractivity contribution in [3.63, 3.8) is 0 Å². The molecule has 2 rings (SSSR count). The standard InChI is InChI=1S/C13H24N2O2/c1-11(13(16)17-2)14-7-9-15(10-8-14)12-5-3-4-6-12/h11-12H,3-10H2,1-2H3. The Kier molecular flexibility index (Phi) is 4.40. The van der Waals surface area contributed by atoms with Crippen LogP contribution in [0.1, 0.15) is 32.6 Å². The van der Waals surface area contributed by atoms with Crippen LogP contribution in [-0.2, 0) is 9.53 Å². The lowest BCUT2D eigenvalue weighted by Gasteiger charge is -2.39. The molecule has 2 fully saturated rings. The van der Waals surface area contributed by atoms with Gasteiger partial charge in [0.25, 0.3) is 0 Å². The molecule has 98 valence electrons. The lowest BCUT2D eigenvalue weighted by molar-refractivity contribution is -0.147. The van der Waals surface area contributed by atoms with E-state index in [-0.39, 0.29) is 12.0 Å². The van der Waals surface area contributed by atoms with E-state index in [1.54, 1.807) is 0 Å². The van der Waals surface area contributed by atoms with E-state index in [1.165, 1.54) is 32.8 Å². The van der Waals surface area contributed by atoms with E-state index in [2.05, 4.69) is 9.80 Å². The third-order valence-electron chi connectivity index (χ3n) is 4.28. The Balaban J connectivity index is 1.79. The molecular formula is C13H24N2O2. The van der Waals surface area contributed by atoms with E-state index >= 15 is 0 Å². The molecule has 1 aliphatic carbocycles. The zero-order valence-electron chi connectivity index (χ0n) is 11.0. The molecule has 0 aromatic carbocycles. The van der Waals surface area contributed by atoms with Crippen LogP contribution in [0.25, 0.3) is 0 Å². The molecule has 0 aromatic heterocycles. The van der Waals surface area contributed by atoms with Gasteiger partial charge in [0.1, 0.15) is 6.04 Å². The highest BCUT2D eigenvalue weighted by Gasteiger charge is 2.29. The maximum atomic E-state index is 11.5. The second-order valence-electron chi connectivity index (χ2n) is 5.21. The molecule has 1 saturated carbocycles. The van der Waals surface area contributed by atoms with Gasteiger partial charge in [-0.05, 0) is 19.8 Å². The van der Waals surface area contributed by atoms with E-state index in [0.717, 1.165) is 32.2 Å². The fourth-order valence-electron chi connectivity index (χ4n) is 3.08. The van der Waals surface area contributed by atoms with Crippen molar-refractivity contribution in [3.05, 3.63) is 0 Å². The van der Waals surface area contributed by atoms with Crippen LogP contribution >= 0.6 is 0 Å². The molecule has 1 aliphatic heterocycles. The molecule has 1 saturated heterocycles. The van der Waals surface area contributed by atoms with Crippen molar-refractivity contribution >= 4 is 5.97 Å².